The third kappa shape index (κ3) is 3.61. The lowest BCUT2D eigenvalue weighted by Gasteiger charge is -2.51. The molecule has 1 saturated carbocycles. The SMILES string of the molecule is COc1ccc(CN2CCC3(CC2)COCCN3CC2CC2)cc1. The zero-order valence-corrected chi connectivity index (χ0v) is 14.9. The second-order valence-electron chi connectivity index (χ2n) is 7.79. The zero-order chi connectivity index (χ0) is 16.4. The lowest BCUT2D eigenvalue weighted by molar-refractivity contribution is -0.0970. The van der Waals surface area contributed by atoms with E-state index in [2.05, 4.69) is 34.1 Å². The van der Waals surface area contributed by atoms with Gasteiger partial charge in [-0.15, -0.1) is 0 Å². The van der Waals surface area contributed by atoms with Crippen molar-refractivity contribution in [2.45, 2.75) is 37.8 Å². The first-order chi connectivity index (χ1) is 11.8. The van der Waals surface area contributed by atoms with Crippen LogP contribution in [0, 0.1) is 5.92 Å². The Bertz CT molecular complexity index is 533. The van der Waals surface area contributed by atoms with E-state index >= 15 is 0 Å². The smallest absolute Gasteiger partial charge is 0.118 e. The third-order valence-electron chi connectivity index (χ3n) is 6.07. The van der Waals surface area contributed by atoms with Crippen LogP contribution in [0.3, 0.4) is 0 Å². The van der Waals surface area contributed by atoms with E-state index in [9.17, 15) is 0 Å². The number of rotatable bonds is 5. The van der Waals surface area contributed by atoms with Gasteiger partial charge in [-0.2, -0.15) is 0 Å². The Morgan fingerprint density at radius 2 is 1.88 bits per heavy atom. The molecule has 24 heavy (non-hydrogen) atoms. The number of ether oxygens (including phenoxy) is 2. The summed E-state index contributed by atoms with van der Waals surface area (Å²) in [4.78, 5) is 5.37. The van der Waals surface area contributed by atoms with E-state index in [4.69, 9.17) is 9.47 Å². The largest absolute Gasteiger partial charge is 0.497 e. The highest BCUT2D eigenvalue weighted by Gasteiger charge is 2.43. The summed E-state index contributed by atoms with van der Waals surface area (Å²) in [5.74, 6) is 1.91. The molecule has 0 aromatic heterocycles. The fraction of sp³-hybridized carbons (Fsp3) is 0.700. The highest BCUT2D eigenvalue weighted by Crippen LogP contribution is 2.37. The van der Waals surface area contributed by atoms with Crippen LogP contribution in [0.2, 0.25) is 0 Å². The average Bonchev–Trinajstić information content (AvgIpc) is 3.44. The van der Waals surface area contributed by atoms with Gasteiger partial charge in [0.15, 0.2) is 0 Å². The monoisotopic (exact) mass is 330 g/mol. The minimum atomic E-state index is 0.317. The Morgan fingerprint density at radius 3 is 2.54 bits per heavy atom. The molecule has 0 atom stereocenters. The van der Waals surface area contributed by atoms with Crippen LogP contribution in [0.1, 0.15) is 31.2 Å². The highest BCUT2D eigenvalue weighted by molar-refractivity contribution is 5.27. The highest BCUT2D eigenvalue weighted by atomic mass is 16.5. The molecule has 0 radical (unpaired) electrons. The third-order valence-corrected chi connectivity index (χ3v) is 6.07. The number of likely N-dealkylation sites (tertiary alicyclic amines) is 1. The molecular weight excluding hydrogens is 300 g/mol. The summed E-state index contributed by atoms with van der Waals surface area (Å²) in [5.41, 5.74) is 1.69. The predicted octanol–water partition coefficient (Wildman–Crippen LogP) is 2.77. The molecule has 0 bridgehead atoms. The molecule has 2 heterocycles. The Labute approximate surface area is 145 Å². The van der Waals surface area contributed by atoms with Crippen LogP contribution < -0.4 is 4.74 Å². The molecule has 4 nitrogen and oxygen atoms in total. The number of morpholine rings is 1. The molecule has 4 heteroatoms. The number of hydrogen-bond donors (Lipinski definition) is 0. The maximum atomic E-state index is 5.90. The summed E-state index contributed by atoms with van der Waals surface area (Å²) in [7, 11) is 1.72. The zero-order valence-electron chi connectivity index (χ0n) is 14.9. The van der Waals surface area contributed by atoms with Crippen LogP contribution >= 0.6 is 0 Å². The van der Waals surface area contributed by atoms with Crippen molar-refractivity contribution >= 4 is 0 Å². The first kappa shape index (κ1) is 16.4. The van der Waals surface area contributed by atoms with E-state index in [1.54, 1.807) is 7.11 Å². The van der Waals surface area contributed by atoms with Gasteiger partial charge in [-0.25, -0.2) is 0 Å². The quantitative estimate of drug-likeness (QED) is 0.829. The van der Waals surface area contributed by atoms with Crippen LogP contribution in [0.15, 0.2) is 24.3 Å². The number of hydrogen-bond acceptors (Lipinski definition) is 4. The van der Waals surface area contributed by atoms with Crippen molar-refractivity contribution in [3.05, 3.63) is 29.8 Å². The molecule has 0 N–H and O–H groups in total. The average molecular weight is 330 g/mol. The predicted molar refractivity (Wildman–Crippen MR) is 95.4 cm³/mol. The Balaban J connectivity index is 1.34. The van der Waals surface area contributed by atoms with Crippen LogP contribution in [-0.2, 0) is 11.3 Å². The number of benzene rings is 1. The van der Waals surface area contributed by atoms with E-state index in [1.807, 2.05) is 0 Å². The summed E-state index contributed by atoms with van der Waals surface area (Å²) in [6, 6.07) is 8.50. The summed E-state index contributed by atoms with van der Waals surface area (Å²) < 4.78 is 11.1. The van der Waals surface area contributed by atoms with Gasteiger partial charge >= 0.3 is 0 Å². The van der Waals surface area contributed by atoms with Gasteiger partial charge in [0.05, 0.1) is 20.3 Å². The van der Waals surface area contributed by atoms with Gasteiger partial charge in [0.1, 0.15) is 5.75 Å². The van der Waals surface area contributed by atoms with Crippen LogP contribution in [-0.4, -0.2) is 61.8 Å². The minimum absolute atomic E-state index is 0.317. The molecule has 3 aliphatic rings. The van der Waals surface area contributed by atoms with Crippen molar-refractivity contribution in [1.82, 2.24) is 9.80 Å². The molecule has 3 fully saturated rings. The van der Waals surface area contributed by atoms with Gasteiger partial charge in [-0.3, -0.25) is 9.80 Å². The van der Waals surface area contributed by atoms with Crippen molar-refractivity contribution in [3.8, 4) is 5.75 Å². The first-order valence-corrected chi connectivity index (χ1v) is 9.45. The van der Waals surface area contributed by atoms with Crippen molar-refractivity contribution in [1.29, 1.82) is 0 Å². The van der Waals surface area contributed by atoms with Crippen molar-refractivity contribution in [2.24, 2.45) is 5.92 Å². The second-order valence-corrected chi connectivity index (χ2v) is 7.79. The maximum Gasteiger partial charge on any atom is 0.118 e. The summed E-state index contributed by atoms with van der Waals surface area (Å²) in [5, 5.41) is 0. The normalized spacial score (nSPS) is 25.0. The van der Waals surface area contributed by atoms with Crippen LogP contribution in [0.25, 0.3) is 0 Å². The van der Waals surface area contributed by atoms with Crippen molar-refractivity contribution < 1.29 is 9.47 Å². The van der Waals surface area contributed by atoms with E-state index < -0.39 is 0 Å². The number of nitrogens with zero attached hydrogens (tertiary/aromatic N) is 2. The molecule has 1 spiro atoms. The van der Waals surface area contributed by atoms with E-state index in [-0.39, 0.29) is 0 Å². The lowest BCUT2D eigenvalue weighted by atomic mass is 9.85. The fourth-order valence-corrected chi connectivity index (χ4v) is 4.24. The van der Waals surface area contributed by atoms with Gasteiger partial charge in [0.2, 0.25) is 0 Å². The van der Waals surface area contributed by atoms with Crippen LogP contribution in [0.5, 0.6) is 5.75 Å². The number of piperidine rings is 1. The Morgan fingerprint density at radius 1 is 1.12 bits per heavy atom. The molecule has 0 unspecified atom stereocenters. The molecule has 1 aliphatic carbocycles. The minimum Gasteiger partial charge on any atom is -0.497 e. The molecule has 4 rings (SSSR count). The summed E-state index contributed by atoms with van der Waals surface area (Å²) in [6.45, 7) is 7.70. The molecular formula is C20H30N2O2. The standard InChI is InChI=1S/C20H30N2O2/c1-23-19-6-4-17(5-7-19)14-21-10-8-20(9-11-21)16-24-13-12-22(20)15-18-2-3-18/h4-7,18H,2-3,8-16H2,1H3. The molecule has 132 valence electrons. The summed E-state index contributed by atoms with van der Waals surface area (Å²) >= 11 is 0. The Kier molecular flexibility index (Phi) is 4.79. The van der Waals surface area contributed by atoms with E-state index in [0.717, 1.165) is 38.0 Å². The van der Waals surface area contributed by atoms with Gasteiger partial charge in [0, 0.05) is 38.3 Å². The lowest BCUT2D eigenvalue weighted by Crippen LogP contribution is -2.61. The maximum absolute atomic E-state index is 5.90. The molecule has 2 aliphatic heterocycles. The Hall–Kier alpha value is -1.10. The molecule has 0 amide bonds. The van der Waals surface area contributed by atoms with Crippen molar-refractivity contribution in [2.75, 3.05) is 46.5 Å². The molecule has 1 aromatic rings. The summed E-state index contributed by atoms with van der Waals surface area (Å²) in [6.07, 6.45) is 5.37. The van der Waals surface area contributed by atoms with Gasteiger partial charge < -0.3 is 9.47 Å². The molecule has 1 aromatic carbocycles. The first-order valence-electron chi connectivity index (χ1n) is 9.45. The number of methoxy groups -OCH3 is 1. The molecule has 2 saturated heterocycles. The second kappa shape index (κ2) is 7.03. The van der Waals surface area contributed by atoms with E-state index in [1.165, 1.54) is 50.9 Å². The van der Waals surface area contributed by atoms with Gasteiger partial charge in [-0.1, -0.05) is 12.1 Å². The van der Waals surface area contributed by atoms with Crippen molar-refractivity contribution in [3.63, 3.8) is 0 Å². The van der Waals surface area contributed by atoms with Gasteiger partial charge in [-0.05, 0) is 49.3 Å². The van der Waals surface area contributed by atoms with Gasteiger partial charge in [0.25, 0.3) is 0 Å². The van der Waals surface area contributed by atoms with Crippen LogP contribution in [0.4, 0.5) is 0 Å². The van der Waals surface area contributed by atoms with E-state index in [0.29, 0.717) is 5.54 Å². The fourth-order valence-electron chi connectivity index (χ4n) is 4.24. The topological polar surface area (TPSA) is 24.9 Å².